The number of amides is 1. The molecule has 1 aromatic heterocycles. The van der Waals surface area contributed by atoms with Crippen LogP contribution in [0.5, 0.6) is 0 Å². The van der Waals surface area contributed by atoms with Crippen LogP contribution >= 0.6 is 11.6 Å². The Hall–Kier alpha value is -2.93. The molecule has 0 bridgehead atoms. The van der Waals surface area contributed by atoms with Crippen molar-refractivity contribution in [1.82, 2.24) is 20.0 Å². The van der Waals surface area contributed by atoms with Crippen molar-refractivity contribution in [2.24, 2.45) is 12.1 Å². The van der Waals surface area contributed by atoms with Crippen LogP contribution in [-0.4, -0.2) is 42.5 Å². The number of carbonyl (C=O) groups is 1. The summed E-state index contributed by atoms with van der Waals surface area (Å²) in [4.78, 5) is 11.8. The molecular weight excluding hydrogens is 366 g/mol. The molecule has 3 rings (SSSR count). The minimum atomic E-state index is -1.13. The van der Waals surface area contributed by atoms with Gasteiger partial charge in [0.15, 0.2) is 0 Å². The van der Waals surface area contributed by atoms with Gasteiger partial charge in [-0.2, -0.15) is 10.1 Å². The van der Waals surface area contributed by atoms with Gasteiger partial charge in [-0.25, -0.2) is 9.48 Å². The average Bonchev–Trinajstić information content (AvgIpc) is 2.96. The van der Waals surface area contributed by atoms with Crippen molar-refractivity contribution in [2.45, 2.75) is 26.3 Å². The normalized spacial score (nSPS) is 12.4. The number of rotatable bonds is 3. The highest BCUT2D eigenvalue weighted by atomic mass is 35.5. The summed E-state index contributed by atoms with van der Waals surface area (Å²) in [6, 6.07) is 12.7. The zero-order chi connectivity index (χ0) is 19.8. The molecule has 27 heavy (non-hydrogen) atoms. The summed E-state index contributed by atoms with van der Waals surface area (Å²) in [6.07, 6.45) is -1.13. The van der Waals surface area contributed by atoms with Crippen molar-refractivity contribution >= 4 is 34.4 Å². The van der Waals surface area contributed by atoms with E-state index in [0.717, 1.165) is 27.2 Å². The highest BCUT2D eigenvalue weighted by Gasteiger charge is 2.27. The number of carboxylic acid groups (broad SMARTS) is 1. The van der Waals surface area contributed by atoms with Gasteiger partial charge >= 0.3 is 6.09 Å². The third-order valence-corrected chi connectivity index (χ3v) is 4.27. The lowest BCUT2D eigenvalue weighted by molar-refractivity contribution is 0.103. The Morgan fingerprint density at radius 3 is 2.37 bits per heavy atom. The van der Waals surface area contributed by atoms with E-state index >= 15 is 0 Å². The van der Waals surface area contributed by atoms with Crippen LogP contribution in [0.15, 0.2) is 47.6 Å². The van der Waals surface area contributed by atoms with Crippen molar-refractivity contribution in [3.05, 3.63) is 58.6 Å². The summed E-state index contributed by atoms with van der Waals surface area (Å²) < 4.78 is 1.66. The third kappa shape index (κ3) is 3.93. The van der Waals surface area contributed by atoms with E-state index in [9.17, 15) is 9.90 Å². The third-order valence-electron chi connectivity index (χ3n) is 4.02. The van der Waals surface area contributed by atoms with E-state index in [0.29, 0.717) is 10.7 Å². The van der Waals surface area contributed by atoms with Crippen LogP contribution in [0.1, 0.15) is 31.9 Å². The first-order valence-corrected chi connectivity index (χ1v) is 8.72. The molecule has 0 aliphatic rings. The predicted octanol–water partition coefficient (Wildman–Crippen LogP) is 4.15. The summed E-state index contributed by atoms with van der Waals surface area (Å²) in [6.45, 7) is 5.37. The number of benzene rings is 2. The van der Waals surface area contributed by atoms with E-state index < -0.39 is 11.6 Å². The van der Waals surface area contributed by atoms with Crippen molar-refractivity contribution in [2.75, 3.05) is 0 Å². The van der Waals surface area contributed by atoms with Gasteiger partial charge in [0.25, 0.3) is 0 Å². The second-order valence-corrected chi connectivity index (χ2v) is 7.57. The maximum atomic E-state index is 11.8. The zero-order valence-corrected chi connectivity index (χ0v) is 16.3. The van der Waals surface area contributed by atoms with Gasteiger partial charge in [-0.15, -0.1) is 5.10 Å². The topological polar surface area (TPSA) is 83.6 Å². The van der Waals surface area contributed by atoms with Crippen LogP contribution in [0.3, 0.4) is 0 Å². The lowest BCUT2D eigenvalue weighted by atomic mass is 10.0. The van der Waals surface area contributed by atoms with Crippen LogP contribution < -0.4 is 0 Å². The first kappa shape index (κ1) is 18.8. The highest BCUT2D eigenvalue weighted by molar-refractivity contribution is 6.30. The van der Waals surface area contributed by atoms with Crippen LogP contribution in [0.4, 0.5) is 4.79 Å². The molecule has 8 heteroatoms. The van der Waals surface area contributed by atoms with Gasteiger partial charge in [-0.1, -0.05) is 35.0 Å². The van der Waals surface area contributed by atoms with E-state index in [-0.39, 0.29) is 0 Å². The van der Waals surface area contributed by atoms with Crippen molar-refractivity contribution in [1.29, 1.82) is 0 Å². The van der Waals surface area contributed by atoms with E-state index in [4.69, 9.17) is 11.6 Å². The van der Waals surface area contributed by atoms with Crippen LogP contribution in [0.2, 0.25) is 5.02 Å². The molecule has 1 N–H and O–H groups in total. The number of aromatic nitrogens is 3. The zero-order valence-electron chi connectivity index (χ0n) is 15.5. The minimum absolute atomic E-state index is 0.520. The maximum absolute atomic E-state index is 11.8. The van der Waals surface area contributed by atoms with E-state index in [1.807, 2.05) is 30.3 Å². The Balaban J connectivity index is 2.22. The number of nitrogens with zero attached hydrogens (tertiary/aromatic N) is 5. The average molecular weight is 386 g/mol. The van der Waals surface area contributed by atoms with Crippen molar-refractivity contribution < 1.29 is 9.90 Å². The Kier molecular flexibility index (Phi) is 4.89. The monoisotopic (exact) mass is 385 g/mol. The predicted molar refractivity (Wildman–Crippen MR) is 105 cm³/mol. The molecule has 140 valence electrons. The first-order valence-electron chi connectivity index (χ1n) is 8.34. The fourth-order valence-corrected chi connectivity index (χ4v) is 2.77. The summed E-state index contributed by atoms with van der Waals surface area (Å²) >= 11 is 6.01. The van der Waals surface area contributed by atoms with Gasteiger partial charge in [0, 0.05) is 23.2 Å². The number of hydrazone groups is 1. The first-order chi connectivity index (χ1) is 12.7. The molecule has 1 heterocycles. The van der Waals surface area contributed by atoms with E-state index in [2.05, 4.69) is 15.4 Å². The van der Waals surface area contributed by atoms with Crippen LogP contribution in [0.25, 0.3) is 11.0 Å². The number of halogens is 1. The molecule has 1 amide bonds. The number of hydrogen-bond acceptors (Lipinski definition) is 4. The lowest BCUT2D eigenvalue weighted by Gasteiger charge is -2.29. The minimum Gasteiger partial charge on any atom is -0.464 e. The quantitative estimate of drug-likeness (QED) is 0.542. The van der Waals surface area contributed by atoms with E-state index in [1.54, 1.807) is 44.6 Å². The fourth-order valence-electron chi connectivity index (χ4n) is 2.65. The van der Waals surface area contributed by atoms with Crippen LogP contribution in [0, 0.1) is 0 Å². The van der Waals surface area contributed by atoms with Crippen molar-refractivity contribution in [3.8, 4) is 0 Å². The molecule has 0 atom stereocenters. The molecule has 0 saturated carbocycles. The summed E-state index contributed by atoms with van der Waals surface area (Å²) in [7, 11) is 1.80. The molecule has 0 unspecified atom stereocenters. The number of hydrogen-bond donors (Lipinski definition) is 1. The number of aryl methyl sites for hydroxylation is 1. The highest BCUT2D eigenvalue weighted by Crippen LogP contribution is 2.22. The second kappa shape index (κ2) is 7.00. The Bertz CT molecular complexity index is 1020. The SMILES string of the molecule is Cn1nnc2ccc(C(=NN(C(=O)O)C(C)(C)C)c3ccc(Cl)cc3)cc21. The van der Waals surface area contributed by atoms with Gasteiger partial charge in [-0.3, -0.25) is 0 Å². The lowest BCUT2D eigenvalue weighted by Crippen LogP contribution is -2.41. The van der Waals surface area contributed by atoms with Crippen molar-refractivity contribution in [3.63, 3.8) is 0 Å². The van der Waals surface area contributed by atoms with Gasteiger partial charge in [-0.05, 0) is 45.0 Å². The van der Waals surface area contributed by atoms with Gasteiger partial charge in [0.1, 0.15) is 5.52 Å². The second-order valence-electron chi connectivity index (χ2n) is 7.14. The smallest absolute Gasteiger partial charge is 0.428 e. The Morgan fingerprint density at radius 2 is 1.78 bits per heavy atom. The standard InChI is InChI=1S/C19H20ClN5O2/c1-19(2,3)25(18(26)27)22-17(12-5-8-14(20)9-6-12)13-7-10-15-16(11-13)24(4)23-21-15/h5-11H,1-4H3,(H,26,27). The molecule has 3 aromatic rings. The maximum Gasteiger partial charge on any atom is 0.428 e. The summed E-state index contributed by atoms with van der Waals surface area (Å²) in [5.74, 6) is 0. The van der Waals surface area contributed by atoms with Crippen LogP contribution in [-0.2, 0) is 7.05 Å². The molecule has 0 radical (unpaired) electrons. The molecule has 0 fully saturated rings. The number of fused-ring (bicyclic) bond motifs is 1. The molecule has 0 aliphatic heterocycles. The molecule has 7 nitrogen and oxygen atoms in total. The summed E-state index contributed by atoms with van der Waals surface area (Å²) in [5.41, 5.74) is 2.90. The van der Waals surface area contributed by atoms with Gasteiger partial charge in [0.05, 0.1) is 16.8 Å². The molecule has 2 aromatic carbocycles. The molecule has 0 aliphatic carbocycles. The fraction of sp³-hybridized carbons (Fsp3) is 0.263. The van der Waals surface area contributed by atoms with E-state index in [1.165, 1.54) is 0 Å². The largest absolute Gasteiger partial charge is 0.464 e. The molecule has 0 spiro atoms. The van der Waals surface area contributed by atoms with Gasteiger partial charge < -0.3 is 5.11 Å². The Morgan fingerprint density at radius 1 is 1.15 bits per heavy atom. The summed E-state index contributed by atoms with van der Waals surface area (Å²) in [5, 5.41) is 23.9. The molecular formula is C19H20ClN5O2. The Labute approximate surface area is 161 Å². The van der Waals surface area contributed by atoms with Gasteiger partial charge in [0.2, 0.25) is 0 Å². The molecule has 0 saturated heterocycles.